The largest absolute Gasteiger partial charge is 0.496 e. The molecule has 0 atom stereocenters. The smallest absolute Gasteiger partial charge is 0.257 e. The Labute approximate surface area is 434 Å². The minimum absolute atomic E-state index is 0.103. The molecule has 384 valence electrons. The first kappa shape index (κ1) is 49.9. The second kappa shape index (κ2) is 20.0. The average molecular weight is 1020 g/mol. The van der Waals surface area contributed by atoms with E-state index in [0.29, 0.717) is 56.8 Å². The van der Waals surface area contributed by atoms with Gasteiger partial charge in [-0.05, 0) is 74.9 Å². The summed E-state index contributed by atoms with van der Waals surface area (Å²) < 4.78 is 43.5. The lowest BCUT2D eigenvalue weighted by Crippen LogP contribution is -2.12. The first-order chi connectivity index (χ1) is 36.8. The average Bonchev–Trinajstić information content (AvgIpc) is 3.48. The van der Waals surface area contributed by atoms with Crippen LogP contribution in [0.15, 0.2) is 107 Å². The number of rotatable bonds is 8. The van der Waals surface area contributed by atoms with Crippen LogP contribution in [-0.4, -0.2) is 86.8 Å². The number of hydrogen-bond donors (Lipinski definition) is 3. The van der Waals surface area contributed by atoms with E-state index >= 15 is 0 Å². The molecule has 76 heavy (non-hydrogen) atoms. The fraction of sp³-hybridized carbons (Fsp3) is 0.186. The zero-order valence-electron chi connectivity index (χ0n) is 43.7. The Morgan fingerprint density at radius 3 is 1.61 bits per heavy atom. The summed E-state index contributed by atoms with van der Waals surface area (Å²) >= 11 is 0. The molecule has 12 aromatic rings. The molecule has 0 bridgehead atoms. The highest BCUT2D eigenvalue weighted by atomic mass is 16.5. The van der Waals surface area contributed by atoms with E-state index in [4.69, 9.17) is 48.6 Å². The molecule has 0 unspecified atom stereocenters. The molecule has 17 nitrogen and oxygen atoms in total. The molecule has 4 N–H and O–H groups in total. The summed E-state index contributed by atoms with van der Waals surface area (Å²) in [7, 11) is 12.9. The standard InChI is InChI=1S/C21H20N2O4.C19H17N3O2.C19H16N2O4/c1-11-16(24-2)7-6-12-19-13-8-17(25-3)18(26-4)9-15(13)22-10-14(19)21(27-5)23-20(11)12;1-10-14(20)5-4-12-18-11(9-22-19(10)12)8-21-15-7-17(24-3)16(23-2)6-13(15)18;1-9-14(22)5-4-10-17-11-6-15(24-2)16(25-3)7-13(11)20-8-12(17)19(23)21-18(9)10/h6-10H,1-5H3;4-9H,20H2,1-3H3;4-8,20H,1-3H3,(H,21,23). The molecule has 0 spiro atoms. The van der Waals surface area contributed by atoms with Gasteiger partial charge in [-0.2, -0.15) is 0 Å². The van der Waals surface area contributed by atoms with Crippen LogP contribution in [0.1, 0.15) is 16.7 Å². The number of ether oxygens (including phenoxy) is 8. The SMILES string of the molecule is COc1cc2[nH]cc3c(=O)[nH]c4c(C)c(=O)ccc4c3c2cc1OC.COc1cc2ncc3c(OC)nc4c(C)c(OC)ccc4c3c2cc1OC.COc1cc2ncc3cnc4c(C)c(N)ccc4c3c2cc1OC. The van der Waals surface area contributed by atoms with Crippen LogP contribution < -0.4 is 54.6 Å². The quantitative estimate of drug-likeness (QED) is 0.0953. The van der Waals surface area contributed by atoms with Gasteiger partial charge in [0.1, 0.15) is 5.75 Å². The minimum Gasteiger partial charge on any atom is -0.496 e. The van der Waals surface area contributed by atoms with Crippen molar-refractivity contribution in [3.63, 3.8) is 0 Å². The molecule has 0 fully saturated rings. The van der Waals surface area contributed by atoms with Crippen molar-refractivity contribution >= 4 is 103 Å². The van der Waals surface area contributed by atoms with Gasteiger partial charge < -0.3 is 53.6 Å². The number of pyridine rings is 6. The number of nitrogens with two attached hydrogens (primary N) is 1. The van der Waals surface area contributed by atoms with Gasteiger partial charge in [-0.25, -0.2) is 4.98 Å². The Hall–Kier alpha value is -9.64. The zero-order valence-corrected chi connectivity index (χ0v) is 43.7. The van der Waals surface area contributed by atoms with Crippen LogP contribution in [0.3, 0.4) is 0 Å². The van der Waals surface area contributed by atoms with Gasteiger partial charge in [0.25, 0.3) is 5.56 Å². The van der Waals surface area contributed by atoms with Gasteiger partial charge in [0.2, 0.25) is 5.88 Å². The van der Waals surface area contributed by atoms with Gasteiger partial charge in [-0.15, -0.1) is 0 Å². The van der Waals surface area contributed by atoms with Crippen LogP contribution in [0, 0.1) is 20.8 Å². The van der Waals surface area contributed by atoms with E-state index in [0.717, 1.165) is 109 Å². The van der Waals surface area contributed by atoms with E-state index in [2.05, 4.69) is 24.9 Å². The van der Waals surface area contributed by atoms with Crippen molar-refractivity contribution in [2.45, 2.75) is 20.8 Å². The maximum atomic E-state index is 12.5. The van der Waals surface area contributed by atoms with Gasteiger partial charge in [0, 0.05) is 119 Å². The maximum Gasteiger partial charge on any atom is 0.257 e. The normalized spacial score (nSPS) is 11.2. The third-order valence-electron chi connectivity index (χ3n) is 14.0. The molecule has 6 heterocycles. The second-order valence-corrected chi connectivity index (χ2v) is 17.8. The molecule has 17 heteroatoms. The monoisotopic (exact) mass is 1020 g/mol. The van der Waals surface area contributed by atoms with E-state index < -0.39 is 0 Å². The number of benzene rings is 6. The molecular weight excluding hydrogens is 967 g/mol. The number of methoxy groups -OCH3 is 8. The summed E-state index contributed by atoms with van der Waals surface area (Å²) in [5, 5.41) is 10.9. The predicted octanol–water partition coefficient (Wildman–Crippen LogP) is 11.0. The molecule has 0 saturated carbocycles. The Bertz CT molecular complexity index is 4460. The third-order valence-corrected chi connectivity index (χ3v) is 14.0. The van der Waals surface area contributed by atoms with Crippen LogP contribution in [0.4, 0.5) is 5.69 Å². The lowest BCUT2D eigenvalue weighted by Gasteiger charge is -2.15. The zero-order chi connectivity index (χ0) is 53.7. The van der Waals surface area contributed by atoms with Crippen LogP contribution in [-0.2, 0) is 0 Å². The second-order valence-electron chi connectivity index (χ2n) is 17.8. The minimum atomic E-state index is -0.246. The van der Waals surface area contributed by atoms with Crippen LogP contribution in [0.5, 0.6) is 46.1 Å². The summed E-state index contributed by atoms with van der Waals surface area (Å²) in [5.74, 6) is 5.10. The highest BCUT2D eigenvalue weighted by Gasteiger charge is 2.20. The molecule has 0 saturated heterocycles. The van der Waals surface area contributed by atoms with E-state index in [-0.39, 0.29) is 11.0 Å². The van der Waals surface area contributed by atoms with E-state index in [1.807, 2.05) is 86.9 Å². The van der Waals surface area contributed by atoms with Crippen molar-refractivity contribution in [1.82, 2.24) is 29.9 Å². The number of nitrogens with one attached hydrogen (secondary N) is 2. The van der Waals surface area contributed by atoms with Crippen LogP contribution in [0.25, 0.3) is 97.7 Å². The van der Waals surface area contributed by atoms with Crippen molar-refractivity contribution in [3.8, 4) is 46.1 Å². The molecule has 12 rings (SSSR count). The first-order valence-corrected chi connectivity index (χ1v) is 23.9. The Kier molecular flexibility index (Phi) is 13.1. The summed E-state index contributed by atoms with van der Waals surface area (Å²) in [5.41, 5.74) is 13.7. The summed E-state index contributed by atoms with van der Waals surface area (Å²) in [6, 6.07) is 22.5. The first-order valence-electron chi connectivity index (χ1n) is 23.9. The number of aromatic nitrogens is 6. The van der Waals surface area contributed by atoms with E-state index in [1.165, 1.54) is 6.07 Å². The molecule has 6 aromatic carbocycles. The third kappa shape index (κ3) is 8.21. The van der Waals surface area contributed by atoms with E-state index in [1.54, 1.807) is 82.3 Å². The van der Waals surface area contributed by atoms with Gasteiger partial charge in [-0.3, -0.25) is 24.5 Å². The Morgan fingerprint density at radius 1 is 0.447 bits per heavy atom. The molecule has 0 aliphatic heterocycles. The molecule has 0 aliphatic carbocycles. The topological polar surface area (TPSA) is 217 Å². The summed E-state index contributed by atoms with van der Waals surface area (Å²) in [4.78, 5) is 48.9. The van der Waals surface area contributed by atoms with Crippen molar-refractivity contribution in [3.05, 3.63) is 135 Å². The fourth-order valence-corrected chi connectivity index (χ4v) is 9.97. The fourth-order valence-electron chi connectivity index (χ4n) is 9.97. The molecule has 0 radical (unpaired) electrons. The lowest BCUT2D eigenvalue weighted by molar-refractivity contribution is 0.356. The number of anilines is 1. The molecule has 6 aromatic heterocycles. The van der Waals surface area contributed by atoms with E-state index in [9.17, 15) is 9.59 Å². The predicted molar refractivity (Wildman–Crippen MR) is 300 cm³/mol. The van der Waals surface area contributed by atoms with Gasteiger partial charge in [0.15, 0.2) is 39.9 Å². The number of fused-ring (bicyclic) bond motifs is 15. The molecule has 0 aliphatic rings. The number of nitrogen functional groups attached to an aromatic ring is 1. The van der Waals surface area contributed by atoms with Crippen molar-refractivity contribution in [1.29, 1.82) is 0 Å². The Balaban J connectivity index is 0.000000130. The maximum absolute atomic E-state index is 12.5. The number of nitrogens with zero attached hydrogens (tertiary/aromatic N) is 4. The van der Waals surface area contributed by atoms with Crippen LogP contribution in [0.2, 0.25) is 0 Å². The van der Waals surface area contributed by atoms with Crippen molar-refractivity contribution < 1.29 is 37.9 Å². The summed E-state index contributed by atoms with van der Waals surface area (Å²) in [6.07, 6.45) is 7.13. The number of aromatic amines is 2. The van der Waals surface area contributed by atoms with Gasteiger partial charge in [0.05, 0.1) is 95.2 Å². The van der Waals surface area contributed by atoms with Crippen LogP contribution >= 0.6 is 0 Å². The lowest BCUT2D eigenvalue weighted by atomic mass is 10.00. The van der Waals surface area contributed by atoms with Crippen molar-refractivity contribution in [2.75, 3.05) is 62.6 Å². The van der Waals surface area contributed by atoms with Crippen molar-refractivity contribution in [2.24, 2.45) is 0 Å². The van der Waals surface area contributed by atoms with Gasteiger partial charge in [-0.1, -0.05) is 6.07 Å². The molecule has 0 amide bonds. The number of H-pyrrole nitrogens is 2. The number of hydrogen-bond acceptors (Lipinski definition) is 15. The highest BCUT2D eigenvalue weighted by molar-refractivity contribution is 6.22. The Morgan fingerprint density at radius 2 is 0.974 bits per heavy atom. The van der Waals surface area contributed by atoms with Gasteiger partial charge >= 0.3 is 0 Å². The number of aryl methyl sites for hydroxylation is 3. The highest BCUT2D eigenvalue weighted by Crippen LogP contribution is 2.43. The molecular formula is C59H53N7O10. The summed E-state index contributed by atoms with van der Waals surface area (Å²) in [6.45, 7) is 5.70.